The van der Waals surface area contributed by atoms with Gasteiger partial charge in [0.1, 0.15) is 0 Å². The molecule has 0 aliphatic carbocycles. The summed E-state index contributed by atoms with van der Waals surface area (Å²) in [5, 5.41) is 14.9. The lowest BCUT2D eigenvalue weighted by atomic mass is 10.2. The predicted molar refractivity (Wildman–Crippen MR) is 109 cm³/mol. The monoisotopic (exact) mass is 423 g/mol. The number of carbonyl (C=O) groups is 1. The van der Waals surface area contributed by atoms with E-state index in [-0.39, 0.29) is 23.1 Å². The van der Waals surface area contributed by atoms with E-state index in [4.69, 9.17) is 16.3 Å². The lowest BCUT2D eigenvalue weighted by molar-refractivity contribution is -0.385. The van der Waals surface area contributed by atoms with Crippen LogP contribution in [0.3, 0.4) is 0 Å². The number of hydrogen-bond acceptors (Lipinski definition) is 7. The van der Waals surface area contributed by atoms with Gasteiger partial charge >= 0.3 is 5.69 Å². The van der Waals surface area contributed by atoms with Crippen molar-refractivity contribution in [2.75, 3.05) is 18.2 Å². The Morgan fingerprint density at radius 1 is 1.37 bits per heavy atom. The summed E-state index contributed by atoms with van der Waals surface area (Å²) in [5.41, 5.74) is 1.43. The molecule has 7 nitrogen and oxygen atoms in total. The number of amides is 1. The van der Waals surface area contributed by atoms with Crippen molar-refractivity contribution in [2.45, 2.75) is 5.75 Å². The van der Waals surface area contributed by atoms with Crippen LogP contribution in [0.15, 0.2) is 36.4 Å². The third-order valence-corrected chi connectivity index (χ3v) is 5.71. The van der Waals surface area contributed by atoms with E-state index >= 15 is 0 Å². The minimum absolute atomic E-state index is 0.0896. The molecule has 1 amide bonds. The number of thioether (sulfide) groups is 1. The van der Waals surface area contributed by atoms with Gasteiger partial charge in [0.2, 0.25) is 5.91 Å². The number of nitrogens with zero attached hydrogens (tertiary/aromatic N) is 2. The molecule has 0 aliphatic rings. The van der Waals surface area contributed by atoms with Crippen LogP contribution >= 0.6 is 34.7 Å². The van der Waals surface area contributed by atoms with Crippen molar-refractivity contribution in [3.8, 4) is 5.75 Å². The summed E-state index contributed by atoms with van der Waals surface area (Å²) >= 11 is 8.66. The number of thiazole rings is 1. The summed E-state index contributed by atoms with van der Waals surface area (Å²) in [6.45, 7) is 0. The first kappa shape index (κ1) is 19.4. The zero-order chi connectivity index (χ0) is 19.4. The SMILES string of the molecule is COc1ccc(CSCC(=O)Nc2nc3ccc(Cl)cc3s2)cc1[N+](=O)[O-]. The highest BCUT2D eigenvalue weighted by atomic mass is 35.5. The highest BCUT2D eigenvalue weighted by Crippen LogP contribution is 2.30. The Kier molecular flexibility index (Phi) is 6.15. The lowest BCUT2D eigenvalue weighted by Crippen LogP contribution is -2.13. The molecule has 1 heterocycles. The zero-order valence-electron chi connectivity index (χ0n) is 14.1. The lowest BCUT2D eigenvalue weighted by Gasteiger charge is -2.05. The fourth-order valence-electron chi connectivity index (χ4n) is 2.34. The maximum absolute atomic E-state index is 12.1. The molecule has 2 aromatic carbocycles. The Balaban J connectivity index is 1.56. The summed E-state index contributed by atoms with van der Waals surface area (Å²) in [7, 11) is 1.39. The molecule has 1 aromatic heterocycles. The molecule has 140 valence electrons. The van der Waals surface area contributed by atoms with Crippen molar-refractivity contribution in [3.63, 3.8) is 0 Å². The van der Waals surface area contributed by atoms with Crippen molar-refractivity contribution >= 4 is 61.6 Å². The predicted octanol–water partition coefficient (Wildman–Crippen LogP) is 4.74. The van der Waals surface area contributed by atoms with Crippen molar-refractivity contribution in [3.05, 3.63) is 57.1 Å². The van der Waals surface area contributed by atoms with Gasteiger partial charge in [0.25, 0.3) is 0 Å². The molecule has 3 aromatic rings. The fraction of sp³-hybridized carbons (Fsp3) is 0.176. The number of rotatable bonds is 7. The van der Waals surface area contributed by atoms with Crippen LogP contribution < -0.4 is 10.1 Å². The number of aromatic nitrogens is 1. The topological polar surface area (TPSA) is 94.4 Å². The van der Waals surface area contributed by atoms with E-state index in [1.807, 2.05) is 0 Å². The molecule has 0 unspecified atom stereocenters. The number of anilines is 1. The molecule has 0 atom stereocenters. The van der Waals surface area contributed by atoms with Gasteiger partial charge in [-0.05, 0) is 29.8 Å². The Labute approximate surface area is 167 Å². The summed E-state index contributed by atoms with van der Waals surface area (Å²) in [5.74, 6) is 0.695. The standard InChI is InChI=1S/C17H14ClN3O4S2/c1-25-14-5-2-10(6-13(14)21(23)24)8-26-9-16(22)20-17-19-12-4-3-11(18)7-15(12)27-17/h2-7H,8-9H2,1H3,(H,19,20,22). The average Bonchev–Trinajstić information content (AvgIpc) is 3.02. The minimum Gasteiger partial charge on any atom is -0.490 e. The van der Waals surface area contributed by atoms with Gasteiger partial charge in [0.05, 0.1) is 28.0 Å². The number of fused-ring (bicyclic) bond motifs is 1. The molecule has 0 aliphatic heterocycles. The summed E-state index contributed by atoms with van der Waals surface area (Å²) in [6.07, 6.45) is 0. The van der Waals surface area contributed by atoms with E-state index in [0.717, 1.165) is 15.8 Å². The largest absolute Gasteiger partial charge is 0.490 e. The highest BCUT2D eigenvalue weighted by molar-refractivity contribution is 7.99. The van der Waals surface area contributed by atoms with Gasteiger partial charge in [-0.2, -0.15) is 0 Å². The number of carbonyl (C=O) groups excluding carboxylic acids is 1. The number of hydrogen-bond donors (Lipinski definition) is 1. The molecule has 0 saturated heterocycles. The van der Waals surface area contributed by atoms with Crippen LogP contribution in [0.4, 0.5) is 10.8 Å². The maximum atomic E-state index is 12.1. The minimum atomic E-state index is -0.487. The molecular weight excluding hydrogens is 410 g/mol. The third kappa shape index (κ3) is 4.88. The first-order valence-corrected chi connectivity index (χ1v) is 10.1. The third-order valence-electron chi connectivity index (χ3n) is 3.54. The van der Waals surface area contributed by atoms with Gasteiger partial charge in [-0.15, -0.1) is 11.8 Å². The van der Waals surface area contributed by atoms with Crippen LogP contribution in [-0.2, 0) is 10.5 Å². The number of methoxy groups -OCH3 is 1. The number of ether oxygens (including phenoxy) is 1. The summed E-state index contributed by atoms with van der Waals surface area (Å²) in [4.78, 5) is 27.0. The Morgan fingerprint density at radius 2 is 2.19 bits per heavy atom. The average molecular weight is 424 g/mol. The normalized spacial score (nSPS) is 10.7. The molecule has 3 rings (SSSR count). The van der Waals surface area contributed by atoms with E-state index in [2.05, 4.69) is 10.3 Å². The second-order valence-corrected chi connectivity index (χ2v) is 7.89. The Morgan fingerprint density at radius 3 is 2.93 bits per heavy atom. The van der Waals surface area contributed by atoms with Crippen molar-refractivity contribution in [2.24, 2.45) is 0 Å². The first-order chi connectivity index (χ1) is 13.0. The van der Waals surface area contributed by atoms with E-state index in [1.54, 1.807) is 30.3 Å². The highest BCUT2D eigenvalue weighted by Gasteiger charge is 2.15. The van der Waals surface area contributed by atoms with Crippen LogP contribution in [0.2, 0.25) is 5.02 Å². The van der Waals surface area contributed by atoms with E-state index in [0.29, 0.717) is 15.9 Å². The number of nitro groups is 1. The molecule has 0 radical (unpaired) electrons. The number of halogens is 1. The quantitative estimate of drug-likeness (QED) is 0.435. The van der Waals surface area contributed by atoms with Gasteiger partial charge in [-0.25, -0.2) is 4.98 Å². The fourth-order valence-corrected chi connectivity index (χ4v) is 4.27. The van der Waals surface area contributed by atoms with Crippen molar-refractivity contribution in [1.82, 2.24) is 4.98 Å². The van der Waals surface area contributed by atoms with Crippen LogP contribution in [0, 0.1) is 10.1 Å². The molecule has 10 heteroatoms. The molecule has 0 fully saturated rings. The molecule has 27 heavy (non-hydrogen) atoms. The van der Waals surface area contributed by atoms with Crippen molar-refractivity contribution < 1.29 is 14.5 Å². The molecule has 0 bridgehead atoms. The van der Waals surface area contributed by atoms with Gasteiger partial charge in [-0.1, -0.05) is 29.0 Å². The smallest absolute Gasteiger partial charge is 0.311 e. The van der Waals surface area contributed by atoms with Crippen LogP contribution in [-0.4, -0.2) is 28.7 Å². The first-order valence-electron chi connectivity index (χ1n) is 7.71. The summed E-state index contributed by atoms with van der Waals surface area (Å²) in [6, 6.07) is 10.1. The van der Waals surface area contributed by atoms with E-state index in [1.165, 1.54) is 36.3 Å². The van der Waals surface area contributed by atoms with E-state index in [9.17, 15) is 14.9 Å². The zero-order valence-corrected chi connectivity index (χ0v) is 16.5. The molecular formula is C17H14ClN3O4S2. The number of nitrogens with one attached hydrogen (secondary N) is 1. The Bertz CT molecular complexity index is 1010. The number of nitro benzene ring substituents is 1. The second-order valence-electron chi connectivity index (χ2n) is 5.44. The van der Waals surface area contributed by atoms with Gasteiger partial charge in [0, 0.05) is 16.8 Å². The Hall–Kier alpha value is -2.36. The van der Waals surface area contributed by atoms with Crippen LogP contribution in [0.5, 0.6) is 5.75 Å². The molecule has 1 N–H and O–H groups in total. The van der Waals surface area contributed by atoms with Crippen molar-refractivity contribution in [1.29, 1.82) is 0 Å². The molecule has 0 spiro atoms. The second kappa shape index (κ2) is 8.55. The molecule has 0 saturated carbocycles. The van der Waals surface area contributed by atoms with Crippen LogP contribution in [0.1, 0.15) is 5.56 Å². The van der Waals surface area contributed by atoms with Crippen LogP contribution in [0.25, 0.3) is 10.2 Å². The maximum Gasteiger partial charge on any atom is 0.311 e. The van der Waals surface area contributed by atoms with Gasteiger partial charge in [-0.3, -0.25) is 14.9 Å². The van der Waals surface area contributed by atoms with Gasteiger partial charge < -0.3 is 10.1 Å². The van der Waals surface area contributed by atoms with Gasteiger partial charge in [0.15, 0.2) is 10.9 Å². The van der Waals surface area contributed by atoms with E-state index < -0.39 is 4.92 Å². The summed E-state index contributed by atoms with van der Waals surface area (Å²) < 4.78 is 5.88. The number of benzene rings is 2.